The van der Waals surface area contributed by atoms with E-state index in [1.807, 2.05) is 36.4 Å². The van der Waals surface area contributed by atoms with Crippen LogP contribution in [0.15, 0.2) is 46.9 Å². The molecule has 4 heteroatoms. The molecule has 2 aromatic rings. The van der Waals surface area contributed by atoms with E-state index in [9.17, 15) is 0 Å². The Hall–Kier alpha value is -1.03. The second kappa shape index (κ2) is 8.42. The maximum absolute atomic E-state index is 6.16. The summed E-state index contributed by atoms with van der Waals surface area (Å²) >= 11 is 9.67. The molecule has 0 aliphatic heterocycles. The molecule has 2 rings (SSSR count). The van der Waals surface area contributed by atoms with Gasteiger partial charge in [0.15, 0.2) is 0 Å². The molecule has 2 aromatic carbocycles. The summed E-state index contributed by atoms with van der Waals surface area (Å²) in [4.78, 5) is 0. The van der Waals surface area contributed by atoms with Crippen LogP contribution in [0.25, 0.3) is 0 Å². The van der Waals surface area contributed by atoms with Gasteiger partial charge in [0.25, 0.3) is 0 Å². The fourth-order valence-electron chi connectivity index (χ4n) is 2.01. The van der Waals surface area contributed by atoms with E-state index in [0.29, 0.717) is 0 Å². The van der Waals surface area contributed by atoms with Crippen LogP contribution in [-0.2, 0) is 13.1 Å². The summed E-state index contributed by atoms with van der Waals surface area (Å²) in [6.07, 6.45) is 1.00. The van der Waals surface area contributed by atoms with Crippen molar-refractivity contribution in [2.24, 2.45) is 0 Å². The van der Waals surface area contributed by atoms with Crippen molar-refractivity contribution in [3.05, 3.63) is 63.1 Å². The number of ether oxygens (including phenoxy) is 1. The van der Waals surface area contributed by atoms with Gasteiger partial charge in [0.1, 0.15) is 5.75 Å². The molecule has 0 radical (unpaired) electrons. The highest BCUT2D eigenvalue weighted by Gasteiger charge is 2.05. The normalized spacial score (nSPS) is 10.6. The monoisotopic (exact) mass is 367 g/mol. The van der Waals surface area contributed by atoms with Gasteiger partial charge in [-0.25, -0.2) is 0 Å². The van der Waals surface area contributed by atoms with Gasteiger partial charge in [0.05, 0.1) is 6.61 Å². The third-order valence-electron chi connectivity index (χ3n) is 3.07. The van der Waals surface area contributed by atoms with E-state index in [1.165, 1.54) is 0 Å². The topological polar surface area (TPSA) is 21.3 Å². The first-order valence-corrected chi connectivity index (χ1v) is 8.23. The molecule has 0 aromatic heterocycles. The first-order chi connectivity index (χ1) is 10.2. The minimum atomic E-state index is 0.735. The Labute approximate surface area is 139 Å². The molecule has 0 atom stereocenters. The average Bonchev–Trinajstić information content (AvgIpc) is 2.48. The summed E-state index contributed by atoms with van der Waals surface area (Å²) in [5.41, 5.74) is 2.25. The van der Waals surface area contributed by atoms with Crippen LogP contribution in [0, 0.1) is 0 Å². The van der Waals surface area contributed by atoms with Gasteiger partial charge in [-0.1, -0.05) is 52.7 Å². The van der Waals surface area contributed by atoms with Crippen LogP contribution in [0.5, 0.6) is 5.75 Å². The van der Waals surface area contributed by atoms with Gasteiger partial charge >= 0.3 is 0 Å². The lowest BCUT2D eigenvalue weighted by molar-refractivity contribution is 0.313. The molecule has 0 saturated carbocycles. The molecule has 0 amide bonds. The quantitative estimate of drug-likeness (QED) is 0.727. The van der Waals surface area contributed by atoms with Crippen LogP contribution in [0.4, 0.5) is 0 Å². The molecule has 0 unspecified atom stereocenters. The fraction of sp³-hybridized carbons (Fsp3) is 0.294. The zero-order chi connectivity index (χ0) is 15.1. The maximum atomic E-state index is 6.16. The molecule has 0 fully saturated rings. The molecule has 0 bridgehead atoms. The standard InChI is InChI=1S/C17H19BrClNO/c1-2-9-21-17-8-7-15(18)10-14(17)12-20-11-13-5-3-4-6-16(13)19/h3-8,10,20H,2,9,11-12H2,1H3. The zero-order valence-corrected chi connectivity index (χ0v) is 14.4. The summed E-state index contributed by atoms with van der Waals surface area (Å²) in [6.45, 7) is 4.32. The smallest absolute Gasteiger partial charge is 0.123 e. The molecule has 0 saturated heterocycles. The van der Waals surface area contributed by atoms with Crippen LogP contribution in [0.3, 0.4) is 0 Å². The third-order valence-corrected chi connectivity index (χ3v) is 3.93. The highest BCUT2D eigenvalue weighted by atomic mass is 79.9. The largest absolute Gasteiger partial charge is 0.493 e. The second-order valence-corrected chi connectivity index (χ2v) is 6.12. The molecule has 1 N–H and O–H groups in total. The highest BCUT2D eigenvalue weighted by Crippen LogP contribution is 2.23. The van der Waals surface area contributed by atoms with Gasteiger partial charge < -0.3 is 10.1 Å². The minimum Gasteiger partial charge on any atom is -0.493 e. The Bertz CT molecular complexity index is 589. The molecule has 0 spiro atoms. The van der Waals surface area contributed by atoms with E-state index in [1.54, 1.807) is 0 Å². The van der Waals surface area contributed by atoms with E-state index in [4.69, 9.17) is 16.3 Å². The number of nitrogens with one attached hydrogen (secondary N) is 1. The van der Waals surface area contributed by atoms with Gasteiger partial charge in [-0.15, -0.1) is 0 Å². The van der Waals surface area contributed by atoms with Gasteiger partial charge in [-0.2, -0.15) is 0 Å². The lowest BCUT2D eigenvalue weighted by atomic mass is 10.2. The van der Waals surface area contributed by atoms with Crippen LogP contribution in [0.1, 0.15) is 24.5 Å². The number of hydrogen-bond donors (Lipinski definition) is 1. The predicted molar refractivity (Wildman–Crippen MR) is 91.9 cm³/mol. The zero-order valence-electron chi connectivity index (χ0n) is 12.0. The molecular weight excluding hydrogens is 350 g/mol. The van der Waals surface area contributed by atoms with Crippen LogP contribution >= 0.6 is 27.5 Å². The van der Waals surface area contributed by atoms with Crippen LogP contribution < -0.4 is 10.1 Å². The SMILES string of the molecule is CCCOc1ccc(Br)cc1CNCc1ccccc1Cl. The number of rotatable bonds is 7. The molecule has 0 aliphatic rings. The van der Waals surface area contributed by atoms with Gasteiger partial charge in [-0.3, -0.25) is 0 Å². The average molecular weight is 369 g/mol. The van der Waals surface area contributed by atoms with Crippen molar-refractivity contribution < 1.29 is 4.74 Å². The highest BCUT2D eigenvalue weighted by molar-refractivity contribution is 9.10. The molecule has 112 valence electrons. The van der Waals surface area contributed by atoms with E-state index in [2.05, 4.69) is 34.2 Å². The van der Waals surface area contributed by atoms with E-state index in [0.717, 1.165) is 52.5 Å². The van der Waals surface area contributed by atoms with Crippen molar-refractivity contribution in [2.75, 3.05) is 6.61 Å². The van der Waals surface area contributed by atoms with Gasteiger partial charge in [0, 0.05) is 28.1 Å². The van der Waals surface area contributed by atoms with Crippen molar-refractivity contribution in [1.82, 2.24) is 5.32 Å². The fourth-order valence-corrected chi connectivity index (χ4v) is 2.62. The Balaban J connectivity index is 1.99. The first kappa shape index (κ1) is 16.3. The lowest BCUT2D eigenvalue weighted by Crippen LogP contribution is -2.14. The maximum Gasteiger partial charge on any atom is 0.123 e. The summed E-state index contributed by atoms with van der Waals surface area (Å²) in [5, 5.41) is 4.21. The van der Waals surface area contributed by atoms with Crippen molar-refractivity contribution in [1.29, 1.82) is 0 Å². The molecule has 21 heavy (non-hydrogen) atoms. The summed E-state index contributed by atoms with van der Waals surface area (Å²) < 4.78 is 6.84. The first-order valence-electron chi connectivity index (χ1n) is 7.06. The van der Waals surface area contributed by atoms with Crippen LogP contribution in [0.2, 0.25) is 5.02 Å². The van der Waals surface area contributed by atoms with Gasteiger partial charge in [-0.05, 0) is 36.2 Å². The van der Waals surface area contributed by atoms with E-state index < -0.39 is 0 Å². The molecule has 2 nitrogen and oxygen atoms in total. The van der Waals surface area contributed by atoms with E-state index in [-0.39, 0.29) is 0 Å². The second-order valence-electron chi connectivity index (χ2n) is 4.80. The Morgan fingerprint density at radius 2 is 1.86 bits per heavy atom. The lowest BCUT2D eigenvalue weighted by Gasteiger charge is -2.13. The van der Waals surface area contributed by atoms with Gasteiger partial charge in [0.2, 0.25) is 0 Å². The molecule has 0 heterocycles. The Morgan fingerprint density at radius 3 is 2.62 bits per heavy atom. The third kappa shape index (κ3) is 5.03. The summed E-state index contributed by atoms with van der Waals surface area (Å²) in [6, 6.07) is 14.0. The van der Waals surface area contributed by atoms with Crippen molar-refractivity contribution in [3.8, 4) is 5.75 Å². The number of hydrogen-bond acceptors (Lipinski definition) is 2. The van der Waals surface area contributed by atoms with Crippen molar-refractivity contribution in [3.63, 3.8) is 0 Å². The molecule has 0 aliphatic carbocycles. The Kier molecular flexibility index (Phi) is 6.55. The number of halogens is 2. The predicted octanol–water partition coefficient (Wildman–Crippen LogP) is 5.18. The minimum absolute atomic E-state index is 0.735. The summed E-state index contributed by atoms with van der Waals surface area (Å²) in [7, 11) is 0. The summed E-state index contributed by atoms with van der Waals surface area (Å²) in [5.74, 6) is 0.937. The van der Waals surface area contributed by atoms with Crippen LogP contribution in [-0.4, -0.2) is 6.61 Å². The number of benzene rings is 2. The van der Waals surface area contributed by atoms with E-state index >= 15 is 0 Å². The van der Waals surface area contributed by atoms with Crippen molar-refractivity contribution >= 4 is 27.5 Å². The molecular formula is C17H19BrClNO. The van der Waals surface area contributed by atoms with Crippen molar-refractivity contribution in [2.45, 2.75) is 26.4 Å². The Morgan fingerprint density at radius 1 is 1.10 bits per heavy atom.